The number of halogens is 3. The Labute approximate surface area is 153 Å². The Morgan fingerprint density at radius 1 is 1.46 bits per heavy atom. The van der Waals surface area contributed by atoms with Gasteiger partial charge in [0, 0.05) is 38.5 Å². The molecule has 1 atom stereocenters. The highest BCUT2D eigenvalue weighted by molar-refractivity contribution is 7.09. The summed E-state index contributed by atoms with van der Waals surface area (Å²) in [6.07, 6.45) is -3.52. The maximum atomic E-state index is 12.6. The zero-order valence-electron chi connectivity index (χ0n) is 14.6. The Morgan fingerprint density at radius 3 is 2.81 bits per heavy atom. The van der Waals surface area contributed by atoms with Gasteiger partial charge in [-0.25, -0.2) is 9.98 Å². The first-order valence-electron chi connectivity index (χ1n) is 8.07. The van der Waals surface area contributed by atoms with Crippen LogP contribution in [0.1, 0.15) is 17.1 Å². The van der Waals surface area contributed by atoms with Crippen molar-refractivity contribution in [3.05, 3.63) is 16.1 Å². The van der Waals surface area contributed by atoms with Gasteiger partial charge in [0.2, 0.25) is 5.91 Å². The van der Waals surface area contributed by atoms with Gasteiger partial charge in [0.05, 0.1) is 13.2 Å². The number of aromatic nitrogens is 1. The number of ether oxygens (including phenoxy) is 1. The summed E-state index contributed by atoms with van der Waals surface area (Å²) >= 11 is 0.920. The van der Waals surface area contributed by atoms with E-state index in [9.17, 15) is 18.0 Å². The number of amides is 1. The van der Waals surface area contributed by atoms with Gasteiger partial charge < -0.3 is 20.3 Å². The lowest BCUT2D eigenvalue weighted by Gasteiger charge is -2.15. The molecule has 1 unspecified atom stereocenters. The zero-order valence-corrected chi connectivity index (χ0v) is 15.4. The lowest BCUT2D eigenvalue weighted by molar-refractivity contribution is -0.140. The smallest absolute Gasteiger partial charge is 0.381 e. The topological polar surface area (TPSA) is 78.9 Å². The monoisotopic (exact) mass is 393 g/mol. The van der Waals surface area contributed by atoms with E-state index in [2.05, 4.69) is 20.6 Å². The van der Waals surface area contributed by atoms with Gasteiger partial charge in [-0.15, -0.1) is 11.3 Å². The first-order valence-corrected chi connectivity index (χ1v) is 8.95. The van der Waals surface area contributed by atoms with Crippen LogP contribution in [-0.2, 0) is 22.3 Å². The molecule has 0 aliphatic carbocycles. The summed E-state index contributed by atoms with van der Waals surface area (Å²) in [5, 5.41) is 7.30. The predicted octanol–water partition coefficient (Wildman–Crippen LogP) is 1.32. The molecular weight excluding hydrogens is 371 g/mol. The third-order valence-corrected chi connectivity index (χ3v) is 4.55. The Hall–Kier alpha value is -1.88. The highest BCUT2D eigenvalue weighted by Crippen LogP contribution is 2.29. The van der Waals surface area contributed by atoms with Crippen LogP contribution in [0.4, 0.5) is 13.2 Å². The van der Waals surface area contributed by atoms with Crippen molar-refractivity contribution in [3.8, 4) is 0 Å². The van der Waals surface area contributed by atoms with Gasteiger partial charge >= 0.3 is 6.18 Å². The van der Waals surface area contributed by atoms with Gasteiger partial charge in [-0.05, 0) is 6.42 Å². The predicted molar refractivity (Wildman–Crippen MR) is 91.9 cm³/mol. The van der Waals surface area contributed by atoms with Crippen LogP contribution in [0.15, 0.2) is 10.4 Å². The minimum Gasteiger partial charge on any atom is -0.381 e. The fraction of sp³-hybridized carbons (Fsp3) is 0.667. The molecule has 1 aromatic rings. The van der Waals surface area contributed by atoms with E-state index in [4.69, 9.17) is 4.74 Å². The summed E-state index contributed by atoms with van der Waals surface area (Å²) < 4.78 is 43.1. The van der Waals surface area contributed by atoms with E-state index in [1.807, 2.05) is 0 Å². The summed E-state index contributed by atoms with van der Waals surface area (Å²) in [5.41, 5.74) is -0.906. The number of carbonyl (C=O) groups excluding carboxylic acids is 1. The second-order valence-electron chi connectivity index (χ2n) is 6.04. The number of carbonyl (C=O) groups is 1. The molecule has 7 nitrogen and oxygen atoms in total. The summed E-state index contributed by atoms with van der Waals surface area (Å²) in [6.45, 7) is 2.00. The number of likely N-dealkylation sites (N-methyl/N-ethyl adjacent to an activating group) is 1. The van der Waals surface area contributed by atoms with Gasteiger partial charge in [-0.2, -0.15) is 13.2 Å². The standard InChI is InChI=1S/C15H22F3N5O2S/c1-23(2)13(24)7-21-14(19-5-10-3-4-25-8-10)20-6-12-22-11(9-26-12)15(16,17)18/h9-10H,3-8H2,1-2H3,(H2,19,20,21). The van der Waals surface area contributed by atoms with Crippen molar-refractivity contribution in [2.24, 2.45) is 10.9 Å². The molecule has 2 heterocycles. The Bertz CT molecular complexity index is 627. The van der Waals surface area contributed by atoms with Crippen LogP contribution >= 0.6 is 11.3 Å². The van der Waals surface area contributed by atoms with E-state index in [1.54, 1.807) is 14.1 Å². The molecule has 26 heavy (non-hydrogen) atoms. The molecule has 11 heteroatoms. The molecule has 1 aliphatic heterocycles. The molecule has 1 amide bonds. The number of nitrogens with zero attached hydrogens (tertiary/aromatic N) is 3. The number of rotatable bonds is 6. The lowest BCUT2D eigenvalue weighted by Crippen LogP contribution is -2.40. The molecule has 1 aliphatic rings. The van der Waals surface area contributed by atoms with Gasteiger partial charge in [-0.3, -0.25) is 4.79 Å². The molecule has 2 rings (SSSR count). The average molecular weight is 393 g/mol. The number of hydrogen-bond donors (Lipinski definition) is 2. The van der Waals surface area contributed by atoms with Crippen LogP contribution in [0.3, 0.4) is 0 Å². The van der Waals surface area contributed by atoms with Crippen LogP contribution in [0.5, 0.6) is 0 Å². The van der Waals surface area contributed by atoms with Crippen LogP contribution in [0.2, 0.25) is 0 Å². The summed E-state index contributed by atoms with van der Waals surface area (Å²) in [5.74, 6) is 0.517. The average Bonchev–Trinajstić information content (AvgIpc) is 3.24. The van der Waals surface area contributed by atoms with Crippen LogP contribution in [0.25, 0.3) is 0 Å². The van der Waals surface area contributed by atoms with Gasteiger partial charge in [0.15, 0.2) is 11.7 Å². The number of alkyl halides is 3. The minimum atomic E-state index is -4.45. The molecule has 0 saturated carbocycles. The molecular formula is C15H22F3N5O2S. The van der Waals surface area contributed by atoms with Crippen LogP contribution < -0.4 is 10.6 Å². The van der Waals surface area contributed by atoms with E-state index in [-0.39, 0.29) is 24.0 Å². The highest BCUT2D eigenvalue weighted by Gasteiger charge is 2.33. The minimum absolute atomic E-state index is 0.0603. The third kappa shape index (κ3) is 6.45. The first-order chi connectivity index (χ1) is 12.3. The molecule has 1 aromatic heterocycles. The van der Waals surface area contributed by atoms with Crippen LogP contribution in [0, 0.1) is 5.92 Å². The SMILES string of the molecule is CN(C)C(=O)CN=C(NCc1nc(C(F)(F)F)cs1)NCC1CCOC1. The van der Waals surface area contributed by atoms with E-state index in [0.29, 0.717) is 31.6 Å². The van der Waals surface area contributed by atoms with Gasteiger partial charge in [0.25, 0.3) is 0 Å². The quantitative estimate of drug-likeness (QED) is 0.563. The lowest BCUT2D eigenvalue weighted by atomic mass is 10.1. The van der Waals surface area contributed by atoms with Crippen molar-refractivity contribution < 1.29 is 22.7 Å². The summed E-state index contributed by atoms with van der Waals surface area (Å²) in [6, 6.07) is 0. The summed E-state index contributed by atoms with van der Waals surface area (Å²) in [7, 11) is 3.25. The van der Waals surface area contributed by atoms with Crippen LogP contribution in [-0.4, -0.2) is 62.1 Å². The Morgan fingerprint density at radius 2 is 2.23 bits per heavy atom. The van der Waals surface area contributed by atoms with E-state index in [0.717, 1.165) is 23.1 Å². The first kappa shape index (κ1) is 20.4. The molecule has 1 fully saturated rings. The number of guanidine groups is 1. The van der Waals surface area contributed by atoms with E-state index >= 15 is 0 Å². The van der Waals surface area contributed by atoms with Gasteiger partial charge in [0.1, 0.15) is 11.6 Å². The molecule has 0 spiro atoms. The molecule has 2 N–H and O–H groups in total. The number of aliphatic imine (C=N–C) groups is 1. The summed E-state index contributed by atoms with van der Waals surface area (Å²) in [4.78, 5) is 20.9. The van der Waals surface area contributed by atoms with Crippen molar-refractivity contribution in [1.82, 2.24) is 20.5 Å². The maximum absolute atomic E-state index is 12.6. The Balaban J connectivity index is 1.94. The molecule has 146 valence electrons. The number of thiazole rings is 1. The zero-order chi connectivity index (χ0) is 19.2. The van der Waals surface area contributed by atoms with E-state index in [1.165, 1.54) is 4.90 Å². The second-order valence-corrected chi connectivity index (χ2v) is 6.98. The number of nitrogens with one attached hydrogen (secondary N) is 2. The normalized spacial score (nSPS) is 18.0. The number of hydrogen-bond acceptors (Lipinski definition) is 5. The largest absolute Gasteiger partial charge is 0.434 e. The fourth-order valence-corrected chi connectivity index (χ4v) is 2.87. The van der Waals surface area contributed by atoms with Crippen molar-refractivity contribution in [2.75, 3.05) is 40.4 Å². The van der Waals surface area contributed by atoms with Gasteiger partial charge in [-0.1, -0.05) is 0 Å². The Kier molecular flexibility index (Phi) is 7.21. The van der Waals surface area contributed by atoms with Crippen molar-refractivity contribution in [1.29, 1.82) is 0 Å². The maximum Gasteiger partial charge on any atom is 0.434 e. The molecule has 0 bridgehead atoms. The second kappa shape index (κ2) is 9.17. The van der Waals surface area contributed by atoms with Crippen molar-refractivity contribution >= 4 is 23.2 Å². The van der Waals surface area contributed by atoms with Crippen molar-refractivity contribution in [2.45, 2.75) is 19.1 Å². The highest BCUT2D eigenvalue weighted by atomic mass is 32.1. The molecule has 0 aromatic carbocycles. The molecule has 0 radical (unpaired) electrons. The third-order valence-electron chi connectivity index (χ3n) is 3.70. The van der Waals surface area contributed by atoms with E-state index < -0.39 is 11.9 Å². The molecule has 1 saturated heterocycles. The fourth-order valence-electron chi connectivity index (χ4n) is 2.13. The van der Waals surface area contributed by atoms with Crippen molar-refractivity contribution in [3.63, 3.8) is 0 Å².